The van der Waals surface area contributed by atoms with Gasteiger partial charge in [0.2, 0.25) is 5.88 Å². The summed E-state index contributed by atoms with van der Waals surface area (Å²) in [6, 6.07) is 0. The lowest BCUT2D eigenvalue weighted by molar-refractivity contribution is 0.115. The molecule has 0 spiro atoms. The first-order valence-corrected chi connectivity index (χ1v) is 7.57. The zero-order chi connectivity index (χ0) is 13.1. The van der Waals surface area contributed by atoms with Crippen LogP contribution in [0.25, 0.3) is 0 Å². The number of nitrogens with one attached hydrogen (secondary N) is 1. The molecule has 2 unspecified atom stereocenters. The lowest BCUT2D eigenvalue weighted by Crippen LogP contribution is -2.29. The molecule has 0 radical (unpaired) electrons. The Labute approximate surface area is 115 Å². The average molecular weight is 261 g/mol. The van der Waals surface area contributed by atoms with E-state index in [2.05, 4.69) is 22.2 Å². The fraction of sp³-hybridized carbons (Fsp3) is 0.733. The third-order valence-corrected chi connectivity index (χ3v) is 4.43. The number of nitrogens with zero attached hydrogens (tertiary/aromatic N) is 2. The molecule has 1 N–H and O–H groups in total. The first-order valence-electron chi connectivity index (χ1n) is 7.57. The zero-order valence-electron chi connectivity index (χ0n) is 11.7. The normalized spacial score (nSPS) is 26.8. The molecule has 1 aliphatic carbocycles. The highest BCUT2D eigenvalue weighted by Crippen LogP contribution is 2.30. The van der Waals surface area contributed by atoms with E-state index in [1.807, 2.05) is 0 Å². The molecule has 0 aromatic carbocycles. The minimum Gasteiger partial charge on any atom is -0.474 e. The van der Waals surface area contributed by atoms with Crippen LogP contribution in [0.2, 0.25) is 0 Å². The molecule has 1 aromatic rings. The topological polar surface area (TPSA) is 47.0 Å². The molecule has 1 aliphatic heterocycles. The van der Waals surface area contributed by atoms with Gasteiger partial charge in [0.05, 0.1) is 5.69 Å². The number of hydrogen-bond donors (Lipinski definition) is 1. The molecule has 0 amide bonds. The Kier molecular flexibility index (Phi) is 3.97. The van der Waals surface area contributed by atoms with Gasteiger partial charge in [0, 0.05) is 25.1 Å². The lowest BCUT2D eigenvalue weighted by atomic mass is 9.85. The van der Waals surface area contributed by atoms with Gasteiger partial charge in [0.15, 0.2) is 0 Å². The third kappa shape index (κ3) is 2.89. The van der Waals surface area contributed by atoms with Gasteiger partial charge in [-0.15, -0.1) is 0 Å². The van der Waals surface area contributed by atoms with Crippen LogP contribution in [0.3, 0.4) is 0 Å². The first kappa shape index (κ1) is 12.9. The average Bonchev–Trinajstić information content (AvgIpc) is 2.48. The Morgan fingerprint density at radius 2 is 2.32 bits per heavy atom. The molecular weight excluding hydrogens is 238 g/mol. The van der Waals surface area contributed by atoms with Crippen molar-refractivity contribution < 1.29 is 4.74 Å². The van der Waals surface area contributed by atoms with Crippen LogP contribution >= 0.6 is 0 Å². The SMILES string of the molecule is CCC1CCCC(Oc2ncnc3c2CNCC3)C1. The number of hydrogen-bond acceptors (Lipinski definition) is 4. The van der Waals surface area contributed by atoms with E-state index < -0.39 is 0 Å². The molecular formula is C15H23N3O. The zero-order valence-corrected chi connectivity index (χ0v) is 11.7. The van der Waals surface area contributed by atoms with Crippen LogP contribution in [0.1, 0.15) is 50.3 Å². The van der Waals surface area contributed by atoms with Crippen LogP contribution in [0, 0.1) is 5.92 Å². The number of rotatable bonds is 3. The third-order valence-electron chi connectivity index (χ3n) is 4.43. The summed E-state index contributed by atoms with van der Waals surface area (Å²) in [5.41, 5.74) is 2.33. The van der Waals surface area contributed by atoms with E-state index >= 15 is 0 Å². The van der Waals surface area contributed by atoms with Crippen LogP contribution in [0.4, 0.5) is 0 Å². The van der Waals surface area contributed by atoms with Gasteiger partial charge < -0.3 is 10.1 Å². The maximum absolute atomic E-state index is 6.19. The van der Waals surface area contributed by atoms with E-state index in [-0.39, 0.29) is 0 Å². The van der Waals surface area contributed by atoms with Gasteiger partial charge in [0.1, 0.15) is 12.4 Å². The number of aromatic nitrogens is 2. The number of ether oxygens (including phenoxy) is 1. The Balaban J connectivity index is 1.72. The van der Waals surface area contributed by atoms with Gasteiger partial charge in [-0.05, 0) is 25.2 Å². The van der Waals surface area contributed by atoms with Gasteiger partial charge >= 0.3 is 0 Å². The van der Waals surface area contributed by atoms with Crippen molar-refractivity contribution in [2.24, 2.45) is 5.92 Å². The molecule has 1 aromatic heterocycles. The van der Waals surface area contributed by atoms with Crippen molar-refractivity contribution >= 4 is 0 Å². The highest BCUT2D eigenvalue weighted by atomic mass is 16.5. The van der Waals surface area contributed by atoms with E-state index in [1.165, 1.54) is 37.7 Å². The van der Waals surface area contributed by atoms with Crippen molar-refractivity contribution in [1.82, 2.24) is 15.3 Å². The molecule has 2 heterocycles. The van der Waals surface area contributed by atoms with Gasteiger partial charge in [0.25, 0.3) is 0 Å². The van der Waals surface area contributed by atoms with Gasteiger partial charge in [-0.1, -0.05) is 19.8 Å². The van der Waals surface area contributed by atoms with E-state index in [1.54, 1.807) is 6.33 Å². The highest BCUT2D eigenvalue weighted by molar-refractivity contribution is 5.31. The molecule has 4 nitrogen and oxygen atoms in total. The van der Waals surface area contributed by atoms with Crippen LogP contribution in [0.15, 0.2) is 6.33 Å². The van der Waals surface area contributed by atoms with E-state index in [9.17, 15) is 0 Å². The summed E-state index contributed by atoms with van der Waals surface area (Å²) in [6.07, 6.45) is 9.25. The second kappa shape index (κ2) is 5.87. The second-order valence-electron chi connectivity index (χ2n) is 5.71. The standard InChI is InChI=1S/C15H23N3O/c1-2-11-4-3-5-12(8-11)19-15-13-9-16-7-6-14(13)17-10-18-15/h10-12,16H,2-9H2,1H3. The van der Waals surface area contributed by atoms with Crippen molar-refractivity contribution in [1.29, 1.82) is 0 Å². The summed E-state index contributed by atoms with van der Waals surface area (Å²) in [5.74, 6) is 1.65. The molecule has 3 rings (SSSR count). The fourth-order valence-corrected chi connectivity index (χ4v) is 3.22. The smallest absolute Gasteiger partial charge is 0.221 e. The Morgan fingerprint density at radius 1 is 1.37 bits per heavy atom. The van der Waals surface area contributed by atoms with Crippen LogP contribution in [-0.2, 0) is 13.0 Å². The predicted molar refractivity (Wildman–Crippen MR) is 74.1 cm³/mol. The molecule has 2 atom stereocenters. The van der Waals surface area contributed by atoms with Crippen molar-refractivity contribution in [2.45, 2.75) is 58.1 Å². The highest BCUT2D eigenvalue weighted by Gasteiger charge is 2.24. The number of fused-ring (bicyclic) bond motifs is 1. The molecule has 1 saturated carbocycles. The van der Waals surface area contributed by atoms with E-state index in [4.69, 9.17) is 4.74 Å². The Morgan fingerprint density at radius 3 is 3.21 bits per heavy atom. The fourth-order valence-electron chi connectivity index (χ4n) is 3.22. The van der Waals surface area contributed by atoms with Crippen LogP contribution in [-0.4, -0.2) is 22.6 Å². The summed E-state index contributed by atoms with van der Waals surface area (Å²) in [4.78, 5) is 8.74. The molecule has 104 valence electrons. The quantitative estimate of drug-likeness (QED) is 0.908. The maximum atomic E-state index is 6.19. The minimum absolute atomic E-state index is 0.347. The summed E-state index contributed by atoms with van der Waals surface area (Å²) >= 11 is 0. The summed E-state index contributed by atoms with van der Waals surface area (Å²) in [5, 5.41) is 3.38. The van der Waals surface area contributed by atoms with Crippen LogP contribution in [0.5, 0.6) is 5.88 Å². The molecule has 0 bridgehead atoms. The van der Waals surface area contributed by atoms with Crippen LogP contribution < -0.4 is 10.1 Å². The first-order chi connectivity index (χ1) is 9.36. The van der Waals surface area contributed by atoms with Crippen molar-refractivity contribution in [2.75, 3.05) is 6.54 Å². The second-order valence-corrected chi connectivity index (χ2v) is 5.71. The van der Waals surface area contributed by atoms with Crippen molar-refractivity contribution in [3.05, 3.63) is 17.6 Å². The summed E-state index contributed by atoms with van der Waals surface area (Å²) < 4.78 is 6.19. The van der Waals surface area contributed by atoms with Gasteiger partial charge in [-0.2, -0.15) is 0 Å². The van der Waals surface area contributed by atoms with Gasteiger partial charge in [-0.3, -0.25) is 0 Å². The molecule has 1 fully saturated rings. The predicted octanol–water partition coefficient (Wildman–Crippen LogP) is 2.47. The van der Waals surface area contributed by atoms with E-state index in [0.717, 1.165) is 37.0 Å². The molecule has 2 aliphatic rings. The van der Waals surface area contributed by atoms with Gasteiger partial charge in [-0.25, -0.2) is 9.97 Å². The lowest BCUT2D eigenvalue weighted by Gasteiger charge is -2.29. The monoisotopic (exact) mass is 261 g/mol. The summed E-state index contributed by atoms with van der Waals surface area (Å²) in [7, 11) is 0. The largest absolute Gasteiger partial charge is 0.474 e. The molecule has 19 heavy (non-hydrogen) atoms. The van der Waals surface area contributed by atoms with Crippen molar-refractivity contribution in [3.63, 3.8) is 0 Å². The molecule has 4 heteroatoms. The Bertz CT molecular complexity index is 435. The Hall–Kier alpha value is -1.16. The minimum atomic E-state index is 0.347. The molecule has 0 saturated heterocycles. The summed E-state index contributed by atoms with van der Waals surface area (Å²) in [6.45, 7) is 4.13. The maximum Gasteiger partial charge on any atom is 0.221 e. The van der Waals surface area contributed by atoms with E-state index in [0.29, 0.717) is 6.10 Å². The van der Waals surface area contributed by atoms with Crippen molar-refractivity contribution in [3.8, 4) is 5.88 Å².